The average Bonchev–Trinajstić information content (AvgIpc) is 3.65. The minimum Gasteiger partial charge on any atom is -1.00 e. The van der Waals surface area contributed by atoms with Crippen LogP contribution in [0.4, 0.5) is 14.4 Å². The molecule has 2 aliphatic heterocycles. The predicted molar refractivity (Wildman–Crippen MR) is 178 cm³/mol. The van der Waals surface area contributed by atoms with E-state index in [-0.39, 0.29) is 85.9 Å². The number of hydrogen-bond donors (Lipinski definition) is 0. The molecule has 0 radical (unpaired) electrons. The van der Waals surface area contributed by atoms with Crippen molar-refractivity contribution in [3.63, 3.8) is 0 Å². The van der Waals surface area contributed by atoms with E-state index in [1.54, 1.807) is 0 Å². The molecule has 0 saturated carbocycles. The summed E-state index contributed by atoms with van der Waals surface area (Å²) >= 11 is 0. The molecule has 0 N–H and O–H groups in total. The molecule has 48 heavy (non-hydrogen) atoms. The number of fused-ring (bicyclic) bond motifs is 2. The summed E-state index contributed by atoms with van der Waals surface area (Å²) in [4.78, 5) is 42.5. The van der Waals surface area contributed by atoms with Gasteiger partial charge in [0.05, 0.1) is 22.4 Å². The van der Waals surface area contributed by atoms with E-state index < -0.39 is 18.3 Å². The first-order valence-electron chi connectivity index (χ1n) is 15.9. The third kappa shape index (κ3) is 8.09. The molecule has 0 unspecified atom stereocenters. The molecule has 4 heterocycles. The van der Waals surface area contributed by atoms with Crippen LogP contribution in [0.2, 0.25) is 0 Å². The largest absolute Gasteiger partial charge is 1.00 e. The van der Waals surface area contributed by atoms with Crippen molar-refractivity contribution in [2.24, 2.45) is 11.8 Å². The summed E-state index contributed by atoms with van der Waals surface area (Å²) < 4.78 is 14.0. The number of hydrogen-bond acceptors (Lipinski definition) is 7. The van der Waals surface area contributed by atoms with Crippen molar-refractivity contribution in [3.05, 3.63) is 72.1 Å². The van der Waals surface area contributed by atoms with E-state index in [0.717, 1.165) is 45.8 Å². The van der Waals surface area contributed by atoms with E-state index in [4.69, 9.17) is 9.47 Å². The van der Waals surface area contributed by atoms with Gasteiger partial charge in [0.2, 0.25) is 0 Å². The van der Waals surface area contributed by atoms with Crippen molar-refractivity contribution < 1.29 is 85.8 Å². The van der Waals surface area contributed by atoms with E-state index >= 15 is 0 Å². The Hall–Kier alpha value is -2.93. The first-order valence-corrected chi connectivity index (χ1v) is 15.9. The molecular formula is C35H42N6Na2O5. The summed E-state index contributed by atoms with van der Waals surface area (Å²) in [5.74, 6) is 0.294. The third-order valence-corrected chi connectivity index (χ3v) is 8.47. The van der Waals surface area contributed by atoms with Gasteiger partial charge in [-0.2, -0.15) is 10.2 Å². The summed E-state index contributed by atoms with van der Waals surface area (Å²) in [7, 11) is 0. The SMILES string of the molecule is CC(C)n1cc2cc(C3=CC[C@H](C)CN3C(=O)OC(=O)OC(=O)N3C[C@@H](C)CC=C3c3ccc4nn(C(C)C)cc4c3)ccc2n1.[H-].[H-].[Na+].[Na+]. The fourth-order valence-electron chi connectivity index (χ4n) is 5.92. The summed E-state index contributed by atoms with van der Waals surface area (Å²) in [5, 5.41) is 11.1. The van der Waals surface area contributed by atoms with E-state index in [1.807, 2.05) is 84.2 Å². The molecule has 244 valence electrons. The van der Waals surface area contributed by atoms with Gasteiger partial charge < -0.3 is 12.3 Å². The number of aromatic nitrogens is 4. The normalized spacial score (nSPS) is 17.9. The van der Waals surface area contributed by atoms with Crippen molar-refractivity contribution in [3.8, 4) is 0 Å². The van der Waals surface area contributed by atoms with Gasteiger partial charge in [-0.1, -0.05) is 38.1 Å². The van der Waals surface area contributed by atoms with Crippen LogP contribution in [0.15, 0.2) is 60.9 Å². The van der Waals surface area contributed by atoms with E-state index in [9.17, 15) is 14.4 Å². The van der Waals surface area contributed by atoms with Gasteiger partial charge in [0, 0.05) is 48.3 Å². The zero-order valence-corrected chi connectivity index (χ0v) is 33.1. The van der Waals surface area contributed by atoms with Gasteiger partial charge in [-0.25, -0.2) is 14.4 Å². The number of benzene rings is 2. The van der Waals surface area contributed by atoms with Gasteiger partial charge in [-0.15, -0.1) is 0 Å². The number of rotatable bonds is 4. The second-order valence-electron chi connectivity index (χ2n) is 13.0. The minimum absolute atomic E-state index is 0. The molecule has 13 heteroatoms. The Kier molecular flexibility index (Phi) is 12.4. The predicted octanol–water partition coefficient (Wildman–Crippen LogP) is 2.24. The molecule has 0 bridgehead atoms. The zero-order chi connectivity index (χ0) is 32.7. The van der Waals surface area contributed by atoms with Crippen molar-refractivity contribution >= 4 is 51.5 Å². The van der Waals surface area contributed by atoms with Crippen molar-refractivity contribution in [2.75, 3.05) is 13.1 Å². The third-order valence-electron chi connectivity index (χ3n) is 8.47. The van der Waals surface area contributed by atoms with Crippen molar-refractivity contribution in [1.29, 1.82) is 0 Å². The Bertz CT molecular complexity index is 1770. The zero-order valence-electron chi connectivity index (χ0n) is 31.1. The molecule has 11 nitrogen and oxygen atoms in total. The molecule has 0 aliphatic carbocycles. The average molecular weight is 673 g/mol. The Morgan fingerprint density at radius 3 is 1.48 bits per heavy atom. The van der Waals surface area contributed by atoms with Crippen LogP contribution in [0.25, 0.3) is 33.2 Å². The smallest absolute Gasteiger partial charge is 1.00 e. The fraction of sp³-hybridized carbons (Fsp3) is 0.400. The Labute approximate surface area is 327 Å². The summed E-state index contributed by atoms with van der Waals surface area (Å²) in [6.07, 6.45) is 6.24. The molecule has 4 aromatic rings. The summed E-state index contributed by atoms with van der Waals surface area (Å²) in [6, 6.07) is 12.0. The first kappa shape index (κ1) is 37.9. The van der Waals surface area contributed by atoms with Gasteiger partial charge in [0.15, 0.2) is 0 Å². The quantitative estimate of drug-likeness (QED) is 0.186. The number of amides is 2. The van der Waals surface area contributed by atoms with Gasteiger partial charge in [-0.3, -0.25) is 19.2 Å². The summed E-state index contributed by atoms with van der Waals surface area (Å²) in [6.45, 7) is 13.0. The Balaban J connectivity index is 0.00000217. The standard InChI is InChI=1S/C35H40N6O5.2Na.2H/c1-21(2)40-19-27-15-25(9-11-29(27)36-40)31-13-7-23(5)17-38(31)33(42)45-35(44)46-34(43)39-18-24(6)8-14-32(39)26-10-12-30-28(16-26)20-41(37-30)22(3)4;;;;/h9-16,19-24H,7-8,17-18H2,1-6H3;;;;/q;2*+1;2*-1/t23-,24-;;;;/m0..../s1. The molecule has 2 aromatic carbocycles. The number of carbonyl (C=O) groups is 3. The molecule has 0 saturated heterocycles. The van der Waals surface area contributed by atoms with Crippen LogP contribution in [0.5, 0.6) is 0 Å². The van der Waals surface area contributed by atoms with Crippen LogP contribution in [0.3, 0.4) is 0 Å². The van der Waals surface area contributed by atoms with Crippen molar-refractivity contribution in [1.82, 2.24) is 29.4 Å². The fourth-order valence-corrected chi connectivity index (χ4v) is 5.92. The molecule has 0 spiro atoms. The second kappa shape index (κ2) is 15.7. The Morgan fingerprint density at radius 1 is 0.708 bits per heavy atom. The van der Waals surface area contributed by atoms with Gasteiger partial charge in [0.1, 0.15) is 0 Å². The van der Waals surface area contributed by atoms with Crippen LogP contribution in [-0.4, -0.2) is 60.8 Å². The van der Waals surface area contributed by atoms with E-state index in [2.05, 4.69) is 37.9 Å². The van der Waals surface area contributed by atoms with Crippen LogP contribution in [-0.2, 0) is 9.47 Å². The van der Waals surface area contributed by atoms with E-state index in [0.29, 0.717) is 24.5 Å². The number of allylic oxidation sites excluding steroid dienone is 2. The molecule has 2 aliphatic rings. The number of carbonyl (C=O) groups excluding carboxylic acids is 3. The number of nitrogens with zero attached hydrogens (tertiary/aromatic N) is 6. The summed E-state index contributed by atoms with van der Waals surface area (Å²) in [5.41, 5.74) is 4.57. The van der Waals surface area contributed by atoms with Crippen LogP contribution < -0.4 is 59.1 Å². The second-order valence-corrected chi connectivity index (χ2v) is 13.0. The maximum atomic E-state index is 13.4. The molecular weight excluding hydrogens is 630 g/mol. The van der Waals surface area contributed by atoms with Crippen LogP contribution in [0.1, 0.15) is 80.4 Å². The molecule has 2 atom stereocenters. The molecule has 0 fully saturated rings. The van der Waals surface area contributed by atoms with Gasteiger partial charge in [-0.05, 0) is 87.8 Å². The Morgan fingerprint density at radius 2 is 1.10 bits per heavy atom. The first-order chi connectivity index (χ1) is 22.0. The van der Waals surface area contributed by atoms with Gasteiger partial charge >= 0.3 is 77.5 Å². The maximum absolute atomic E-state index is 13.4. The van der Waals surface area contributed by atoms with Crippen LogP contribution >= 0.6 is 0 Å². The van der Waals surface area contributed by atoms with Crippen molar-refractivity contribution in [2.45, 2.75) is 66.5 Å². The minimum atomic E-state index is -1.37. The maximum Gasteiger partial charge on any atom is 1.00 e. The monoisotopic (exact) mass is 672 g/mol. The van der Waals surface area contributed by atoms with Gasteiger partial charge in [0.25, 0.3) is 0 Å². The topological polar surface area (TPSA) is 112 Å². The van der Waals surface area contributed by atoms with E-state index in [1.165, 1.54) is 9.80 Å². The molecule has 6 rings (SSSR count). The van der Waals surface area contributed by atoms with Crippen LogP contribution in [0, 0.1) is 11.8 Å². The number of ether oxygens (including phenoxy) is 2. The molecule has 2 amide bonds. The molecule has 2 aromatic heterocycles.